The van der Waals surface area contributed by atoms with Gasteiger partial charge in [0.05, 0.1) is 24.4 Å². The van der Waals surface area contributed by atoms with E-state index in [0.717, 1.165) is 42.8 Å². The fourth-order valence-electron chi connectivity index (χ4n) is 4.61. The van der Waals surface area contributed by atoms with Crippen molar-refractivity contribution < 1.29 is 19.0 Å². The first kappa shape index (κ1) is 24.0. The molecule has 1 unspecified atom stereocenters. The molecule has 0 bridgehead atoms. The summed E-state index contributed by atoms with van der Waals surface area (Å²) in [6, 6.07) is 5.73. The Morgan fingerprint density at radius 1 is 1.26 bits per heavy atom. The lowest BCUT2D eigenvalue weighted by Gasteiger charge is -2.53. The minimum absolute atomic E-state index is 0.0661. The number of aryl methyl sites for hydroxylation is 1. The number of benzene rings is 1. The van der Waals surface area contributed by atoms with Gasteiger partial charge in [0.1, 0.15) is 5.75 Å². The zero-order valence-corrected chi connectivity index (χ0v) is 20.4. The minimum Gasteiger partial charge on any atom is -0.491 e. The lowest BCUT2D eigenvalue weighted by Crippen LogP contribution is -2.64. The molecule has 31 heavy (non-hydrogen) atoms. The first-order valence-corrected chi connectivity index (χ1v) is 11.5. The van der Waals surface area contributed by atoms with Crippen LogP contribution in [0.2, 0.25) is 0 Å². The summed E-state index contributed by atoms with van der Waals surface area (Å²) < 4.78 is 17.8. The quantitative estimate of drug-likeness (QED) is 0.706. The maximum atomic E-state index is 13.2. The van der Waals surface area contributed by atoms with E-state index in [1.807, 2.05) is 43.9 Å². The summed E-state index contributed by atoms with van der Waals surface area (Å²) in [7, 11) is 1.73. The highest BCUT2D eigenvalue weighted by Crippen LogP contribution is 2.35. The van der Waals surface area contributed by atoms with Crippen molar-refractivity contribution in [2.75, 3.05) is 39.9 Å². The van der Waals surface area contributed by atoms with Crippen molar-refractivity contribution in [3.05, 3.63) is 29.3 Å². The fourth-order valence-corrected chi connectivity index (χ4v) is 4.61. The lowest BCUT2D eigenvalue weighted by atomic mass is 9.86. The molecule has 2 aliphatic heterocycles. The average molecular weight is 433 g/mol. The van der Waals surface area contributed by atoms with Crippen molar-refractivity contribution in [2.45, 2.75) is 77.7 Å². The number of ether oxygens (including phenoxy) is 3. The van der Waals surface area contributed by atoms with Gasteiger partial charge in [0, 0.05) is 44.4 Å². The molecule has 0 radical (unpaired) electrons. The second-order valence-corrected chi connectivity index (χ2v) is 10.4. The van der Waals surface area contributed by atoms with Crippen LogP contribution in [0.3, 0.4) is 0 Å². The van der Waals surface area contributed by atoms with E-state index in [4.69, 9.17) is 14.2 Å². The highest BCUT2D eigenvalue weighted by atomic mass is 16.5. The van der Waals surface area contributed by atoms with E-state index >= 15 is 0 Å². The number of carbonyl (C=O) groups excluding carboxylic acids is 1. The number of hydrogen-bond acceptors (Lipinski definition) is 5. The Morgan fingerprint density at radius 2 is 1.94 bits per heavy atom. The van der Waals surface area contributed by atoms with Gasteiger partial charge in [-0.3, -0.25) is 9.69 Å². The Morgan fingerprint density at radius 3 is 2.48 bits per heavy atom. The predicted molar refractivity (Wildman–Crippen MR) is 123 cm³/mol. The third kappa shape index (κ3) is 5.79. The molecule has 0 aromatic heterocycles. The number of carbonyl (C=O) groups is 1. The van der Waals surface area contributed by atoms with E-state index in [-0.39, 0.29) is 29.3 Å². The number of piperidine rings is 1. The van der Waals surface area contributed by atoms with Crippen molar-refractivity contribution in [1.82, 2.24) is 9.80 Å². The van der Waals surface area contributed by atoms with E-state index in [9.17, 15) is 4.79 Å². The number of likely N-dealkylation sites (tertiary alicyclic amines) is 1. The molecular formula is C25H40N2O4. The molecule has 1 aromatic rings. The van der Waals surface area contributed by atoms with Crippen molar-refractivity contribution >= 4 is 5.91 Å². The van der Waals surface area contributed by atoms with Crippen LogP contribution < -0.4 is 4.74 Å². The molecule has 0 aliphatic carbocycles. The highest BCUT2D eigenvalue weighted by Gasteiger charge is 2.45. The maximum Gasteiger partial charge on any atom is 0.253 e. The summed E-state index contributed by atoms with van der Waals surface area (Å²) in [4.78, 5) is 17.6. The summed E-state index contributed by atoms with van der Waals surface area (Å²) in [6.07, 6.45) is 1.87. The van der Waals surface area contributed by atoms with Crippen molar-refractivity contribution in [3.8, 4) is 5.75 Å². The molecule has 2 saturated heterocycles. The van der Waals surface area contributed by atoms with Gasteiger partial charge in [0.2, 0.25) is 0 Å². The summed E-state index contributed by atoms with van der Waals surface area (Å²) in [5, 5.41) is 0. The zero-order valence-electron chi connectivity index (χ0n) is 20.4. The molecule has 2 aliphatic rings. The zero-order chi connectivity index (χ0) is 22.8. The molecule has 1 atom stereocenters. The number of hydrogen-bond donors (Lipinski definition) is 0. The van der Waals surface area contributed by atoms with Gasteiger partial charge >= 0.3 is 0 Å². The molecule has 1 aromatic carbocycles. The minimum atomic E-state index is -0.212. The summed E-state index contributed by atoms with van der Waals surface area (Å²) in [6.45, 7) is 16.6. The van der Waals surface area contributed by atoms with Gasteiger partial charge in [-0.25, -0.2) is 0 Å². The van der Waals surface area contributed by atoms with Crippen molar-refractivity contribution in [2.24, 2.45) is 0 Å². The predicted octanol–water partition coefficient (Wildman–Crippen LogP) is 3.90. The fraction of sp³-hybridized carbons (Fsp3) is 0.720. The number of morpholine rings is 1. The standard InChI is InChI=1S/C25H40N2O4/c1-18(2)30-22-9-8-20(14-19(22)3)23(28)26-12-10-25(11-13-26)17-27(24(4,5)6)15-21(31-25)16-29-7/h8-9,14,18,21H,10-13,15-17H2,1-7H3. The highest BCUT2D eigenvalue weighted by molar-refractivity contribution is 5.94. The molecule has 6 heteroatoms. The molecule has 1 spiro atoms. The van der Waals surface area contributed by atoms with Gasteiger partial charge in [0.15, 0.2) is 0 Å². The van der Waals surface area contributed by atoms with Crippen molar-refractivity contribution in [3.63, 3.8) is 0 Å². The lowest BCUT2D eigenvalue weighted by molar-refractivity contribution is -0.198. The number of rotatable bonds is 5. The second-order valence-electron chi connectivity index (χ2n) is 10.4. The monoisotopic (exact) mass is 432 g/mol. The van der Waals surface area contributed by atoms with Gasteiger partial charge < -0.3 is 19.1 Å². The molecule has 1 amide bonds. The normalized spacial score (nSPS) is 22.2. The molecule has 0 saturated carbocycles. The Kier molecular flexibility index (Phi) is 7.34. The van der Waals surface area contributed by atoms with Crippen LogP contribution in [0.1, 0.15) is 63.4 Å². The van der Waals surface area contributed by atoms with Gasteiger partial charge in [-0.1, -0.05) is 0 Å². The summed E-state index contributed by atoms with van der Waals surface area (Å²) >= 11 is 0. The van der Waals surface area contributed by atoms with Crippen LogP contribution in [0, 0.1) is 6.92 Å². The first-order chi connectivity index (χ1) is 14.5. The second kappa shape index (κ2) is 9.47. The van der Waals surface area contributed by atoms with Crippen molar-refractivity contribution in [1.29, 1.82) is 0 Å². The van der Waals surface area contributed by atoms with Gasteiger partial charge in [-0.2, -0.15) is 0 Å². The Bertz CT molecular complexity index is 763. The molecule has 3 rings (SSSR count). The van der Waals surface area contributed by atoms with Gasteiger partial charge in [-0.15, -0.1) is 0 Å². The Labute approximate surface area is 187 Å². The molecule has 2 heterocycles. The third-order valence-electron chi connectivity index (χ3n) is 6.37. The van der Waals surface area contributed by atoms with E-state index < -0.39 is 0 Å². The number of nitrogens with zero attached hydrogens (tertiary/aromatic N) is 2. The third-order valence-corrected chi connectivity index (χ3v) is 6.37. The molecule has 2 fully saturated rings. The van der Waals surface area contributed by atoms with Crippen LogP contribution in [0.4, 0.5) is 0 Å². The molecule has 0 N–H and O–H groups in total. The van der Waals surface area contributed by atoms with E-state index in [0.29, 0.717) is 19.7 Å². The molecule has 6 nitrogen and oxygen atoms in total. The van der Waals surface area contributed by atoms with E-state index in [2.05, 4.69) is 25.7 Å². The Hall–Kier alpha value is -1.63. The van der Waals surface area contributed by atoms with Crippen LogP contribution in [-0.2, 0) is 9.47 Å². The number of methoxy groups -OCH3 is 1. The SMILES string of the molecule is COCC1CN(C(C)(C)C)CC2(CCN(C(=O)c3ccc(OC(C)C)c(C)c3)CC2)O1. The van der Waals surface area contributed by atoms with Crippen LogP contribution in [0.15, 0.2) is 18.2 Å². The molecule has 174 valence electrons. The van der Waals surface area contributed by atoms with E-state index in [1.54, 1.807) is 7.11 Å². The van der Waals surface area contributed by atoms with Crippen LogP contribution in [-0.4, -0.2) is 79.0 Å². The van der Waals surface area contributed by atoms with Crippen LogP contribution in [0.25, 0.3) is 0 Å². The smallest absolute Gasteiger partial charge is 0.253 e. The average Bonchev–Trinajstić information content (AvgIpc) is 2.68. The first-order valence-electron chi connectivity index (χ1n) is 11.5. The topological polar surface area (TPSA) is 51.2 Å². The van der Waals surface area contributed by atoms with E-state index in [1.165, 1.54) is 0 Å². The van der Waals surface area contributed by atoms with Gasteiger partial charge in [0.25, 0.3) is 5.91 Å². The summed E-state index contributed by atoms with van der Waals surface area (Å²) in [5.41, 5.74) is 1.58. The maximum absolute atomic E-state index is 13.2. The van der Waals surface area contributed by atoms with Crippen LogP contribution >= 0.6 is 0 Å². The molecular weight excluding hydrogens is 392 g/mol. The number of amides is 1. The summed E-state index contributed by atoms with van der Waals surface area (Å²) in [5.74, 6) is 0.928. The van der Waals surface area contributed by atoms with Gasteiger partial charge in [-0.05, 0) is 78.1 Å². The Balaban J connectivity index is 1.67. The largest absolute Gasteiger partial charge is 0.491 e. The van der Waals surface area contributed by atoms with Crippen LogP contribution in [0.5, 0.6) is 5.75 Å².